The molecular formula is C17H14F3NO. The van der Waals surface area contributed by atoms with Gasteiger partial charge in [-0.2, -0.15) is 13.2 Å². The molecule has 1 N–H and O–H groups in total. The Morgan fingerprint density at radius 3 is 2.14 bits per heavy atom. The molecule has 0 aliphatic carbocycles. The Morgan fingerprint density at radius 1 is 0.909 bits per heavy atom. The Hall–Kier alpha value is -2.27. The first kappa shape index (κ1) is 14.7. The summed E-state index contributed by atoms with van der Waals surface area (Å²) >= 11 is 0. The third-order valence-corrected chi connectivity index (χ3v) is 3.89. The highest BCUT2D eigenvalue weighted by molar-refractivity contribution is 5.85. The molecule has 0 aliphatic rings. The van der Waals surface area contributed by atoms with Gasteiger partial charge >= 0.3 is 6.18 Å². The minimum absolute atomic E-state index is 0.163. The van der Waals surface area contributed by atoms with Crippen LogP contribution in [0.1, 0.15) is 11.1 Å². The van der Waals surface area contributed by atoms with Crippen molar-refractivity contribution >= 4 is 10.9 Å². The lowest BCUT2D eigenvalue weighted by molar-refractivity contribution is -0.247. The van der Waals surface area contributed by atoms with Crippen molar-refractivity contribution in [3.8, 4) is 0 Å². The lowest BCUT2D eigenvalue weighted by atomic mass is 9.85. The van der Waals surface area contributed by atoms with Gasteiger partial charge in [-0.1, -0.05) is 48.5 Å². The molecule has 0 saturated carbocycles. The van der Waals surface area contributed by atoms with Crippen LogP contribution in [-0.2, 0) is 12.6 Å². The molecule has 1 atom stereocenters. The number of para-hydroxylation sites is 1. The van der Waals surface area contributed by atoms with Gasteiger partial charge in [-0.15, -0.1) is 0 Å². The average Bonchev–Trinajstić information content (AvgIpc) is 2.84. The van der Waals surface area contributed by atoms with E-state index in [2.05, 4.69) is 0 Å². The summed E-state index contributed by atoms with van der Waals surface area (Å²) in [5, 5.41) is 11.0. The van der Waals surface area contributed by atoms with Gasteiger partial charge in [0.15, 0.2) is 0 Å². The Kier molecular flexibility index (Phi) is 3.25. The fraction of sp³-hybridized carbons (Fsp3) is 0.176. The van der Waals surface area contributed by atoms with Crippen LogP contribution in [0.15, 0.2) is 60.8 Å². The molecule has 0 amide bonds. The number of aryl methyl sites for hydroxylation is 1. The molecule has 0 saturated heterocycles. The SMILES string of the molecule is Cn1cc(C(O)(c2ccccc2)C(F)(F)F)c2ccccc21. The van der Waals surface area contributed by atoms with E-state index in [0.29, 0.717) is 10.9 Å². The number of hydrogen-bond donors (Lipinski definition) is 1. The van der Waals surface area contributed by atoms with E-state index >= 15 is 0 Å². The maximum atomic E-state index is 13.8. The molecular weight excluding hydrogens is 291 g/mol. The van der Waals surface area contributed by atoms with Gasteiger partial charge in [0.1, 0.15) is 0 Å². The largest absolute Gasteiger partial charge is 0.425 e. The van der Waals surface area contributed by atoms with Crippen LogP contribution in [0.3, 0.4) is 0 Å². The predicted octanol–water partition coefficient (Wildman–Crippen LogP) is 3.98. The van der Waals surface area contributed by atoms with E-state index in [9.17, 15) is 18.3 Å². The Balaban J connectivity index is 2.36. The molecule has 2 aromatic carbocycles. The molecule has 1 heterocycles. The van der Waals surface area contributed by atoms with Crippen molar-refractivity contribution in [2.75, 3.05) is 0 Å². The monoisotopic (exact) mass is 305 g/mol. The second-order valence-corrected chi connectivity index (χ2v) is 5.25. The number of rotatable bonds is 2. The fourth-order valence-electron chi connectivity index (χ4n) is 2.78. The summed E-state index contributed by atoms with van der Waals surface area (Å²) in [5.41, 5.74) is -2.77. The zero-order chi connectivity index (χ0) is 16.0. The van der Waals surface area contributed by atoms with Crippen molar-refractivity contribution in [1.82, 2.24) is 4.57 Å². The van der Waals surface area contributed by atoms with Crippen LogP contribution in [0, 0.1) is 0 Å². The fourth-order valence-corrected chi connectivity index (χ4v) is 2.78. The normalized spacial score (nSPS) is 15.0. The van der Waals surface area contributed by atoms with Gasteiger partial charge in [-0.3, -0.25) is 0 Å². The third kappa shape index (κ3) is 2.01. The van der Waals surface area contributed by atoms with E-state index in [1.165, 1.54) is 30.5 Å². The molecule has 0 fully saturated rings. The molecule has 2 nitrogen and oxygen atoms in total. The smallest absolute Gasteiger partial charge is 0.372 e. The second kappa shape index (κ2) is 4.88. The minimum Gasteiger partial charge on any atom is -0.372 e. The van der Waals surface area contributed by atoms with E-state index in [1.807, 2.05) is 0 Å². The van der Waals surface area contributed by atoms with Crippen LogP contribution in [0.5, 0.6) is 0 Å². The molecule has 3 rings (SSSR count). The van der Waals surface area contributed by atoms with Crippen LogP contribution in [0.25, 0.3) is 10.9 Å². The molecule has 0 aliphatic heterocycles. The maximum absolute atomic E-state index is 13.8. The lowest BCUT2D eigenvalue weighted by Crippen LogP contribution is -2.43. The summed E-state index contributed by atoms with van der Waals surface area (Å²) in [4.78, 5) is 0. The molecule has 1 unspecified atom stereocenters. The van der Waals surface area contributed by atoms with Crippen molar-refractivity contribution in [2.45, 2.75) is 11.8 Å². The number of benzene rings is 2. The van der Waals surface area contributed by atoms with Crippen LogP contribution >= 0.6 is 0 Å². The first-order valence-electron chi connectivity index (χ1n) is 6.75. The zero-order valence-corrected chi connectivity index (χ0v) is 11.8. The van der Waals surface area contributed by atoms with Crippen molar-refractivity contribution in [1.29, 1.82) is 0 Å². The first-order chi connectivity index (χ1) is 10.4. The zero-order valence-electron chi connectivity index (χ0n) is 11.8. The highest BCUT2D eigenvalue weighted by Gasteiger charge is 2.57. The lowest BCUT2D eigenvalue weighted by Gasteiger charge is -2.31. The molecule has 0 spiro atoms. The number of aromatic nitrogens is 1. The molecule has 0 radical (unpaired) electrons. The summed E-state index contributed by atoms with van der Waals surface area (Å²) in [5.74, 6) is 0. The highest BCUT2D eigenvalue weighted by Crippen LogP contribution is 2.46. The molecule has 0 bridgehead atoms. The van der Waals surface area contributed by atoms with E-state index in [4.69, 9.17) is 0 Å². The van der Waals surface area contributed by atoms with Crippen molar-refractivity contribution in [3.63, 3.8) is 0 Å². The van der Waals surface area contributed by atoms with E-state index in [-0.39, 0.29) is 11.1 Å². The second-order valence-electron chi connectivity index (χ2n) is 5.25. The minimum atomic E-state index is -4.83. The van der Waals surface area contributed by atoms with Gasteiger partial charge in [0.2, 0.25) is 5.60 Å². The number of halogens is 3. The van der Waals surface area contributed by atoms with Gasteiger partial charge in [0.25, 0.3) is 0 Å². The van der Waals surface area contributed by atoms with Gasteiger partial charge in [0.05, 0.1) is 0 Å². The molecule has 3 aromatic rings. The van der Waals surface area contributed by atoms with Crippen LogP contribution in [0.2, 0.25) is 0 Å². The van der Waals surface area contributed by atoms with Gasteiger partial charge in [-0.05, 0) is 11.6 Å². The standard InChI is InChI=1S/C17H14F3NO/c1-21-11-14(13-9-5-6-10-15(13)21)16(22,17(18,19)20)12-7-3-2-4-8-12/h2-11,22H,1H3. The third-order valence-electron chi connectivity index (χ3n) is 3.89. The highest BCUT2D eigenvalue weighted by atomic mass is 19.4. The van der Waals surface area contributed by atoms with Crippen LogP contribution in [0.4, 0.5) is 13.2 Å². The topological polar surface area (TPSA) is 25.2 Å². The van der Waals surface area contributed by atoms with Crippen LogP contribution in [-0.4, -0.2) is 15.8 Å². The maximum Gasteiger partial charge on any atom is 0.425 e. The van der Waals surface area contributed by atoms with E-state index in [0.717, 1.165) is 0 Å². The predicted molar refractivity (Wildman–Crippen MR) is 78.4 cm³/mol. The summed E-state index contributed by atoms with van der Waals surface area (Å²) in [6.45, 7) is 0. The quantitative estimate of drug-likeness (QED) is 0.761. The number of fused-ring (bicyclic) bond motifs is 1. The first-order valence-corrected chi connectivity index (χ1v) is 6.75. The van der Waals surface area contributed by atoms with Crippen molar-refractivity contribution in [3.05, 3.63) is 71.9 Å². The Bertz CT molecular complexity index is 808. The summed E-state index contributed by atoms with van der Waals surface area (Å²) in [6.07, 6.45) is -3.50. The van der Waals surface area contributed by atoms with E-state index in [1.54, 1.807) is 41.9 Å². The average molecular weight is 305 g/mol. The molecule has 1 aromatic heterocycles. The number of alkyl halides is 3. The number of hydrogen-bond acceptors (Lipinski definition) is 1. The summed E-state index contributed by atoms with van der Waals surface area (Å²) < 4.78 is 42.8. The Morgan fingerprint density at radius 2 is 1.50 bits per heavy atom. The molecule has 5 heteroatoms. The summed E-state index contributed by atoms with van der Waals surface area (Å²) in [6, 6.07) is 13.9. The van der Waals surface area contributed by atoms with E-state index < -0.39 is 11.8 Å². The van der Waals surface area contributed by atoms with Crippen molar-refractivity contribution < 1.29 is 18.3 Å². The summed E-state index contributed by atoms with van der Waals surface area (Å²) in [7, 11) is 1.66. The van der Waals surface area contributed by atoms with Crippen LogP contribution < -0.4 is 0 Å². The number of nitrogens with zero attached hydrogens (tertiary/aromatic N) is 1. The van der Waals surface area contributed by atoms with Crippen molar-refractivity contribution in [2.24, 2.45) is 7.05 Å². The molecule has 22 heavy (non-hydrogen) atoms. The van der Waals surface area contributed by atoms with Gasteiger partial charge in [0, 0.05) is 29.7 Å². The number of aliphatic hydroxyl groups is 1. The van der Waals surface area contributed by atoms with Gasteiger partial charge < -0.3 is 9.67 Å². The van der Waals surface area contributed by atoms with Gasteiger partial charge in [-0.25, -0.2) is 0 Å². The Labute approximate surface area is 125 Å². The molecule has 114 valence electrons.